The lowest BCUT2D eigenvalue weighted by Gasteiger charge is -2.20. The Morgan fingerprint density at radius 2 is 1.75 bits per heavy atom. The van der Waals surface area contributed by atoms with E-state index in [1.165, 1.54) is 5.56 Å². The first kappa shape index (κ1) is 25.1. The number of ether oxygens (including phenoxy) is 2. The van der Waals surface area contributed by atoms with Gasteiger partial charge in [-0.3, -0.25) is 4.79 Å². The van der Waals surface area contributed by atoms with Gasteiger partial charge in [-0.05, 0) is 41.8 Å². The number of hydrogen-bond acceptors (Lipinski definition) is 5. The van der Waals surface area contributed by atoms with E-state index in [0.29, 0.717) is 11.5 Å². The number of anilines is 2. The highest BCUT2D eigenvalue weighted by molar-refractivity contribution is 6.09. The van der Waals surface area contributed by atoms with E-state index in [9.17, 15) is 4.79 Å². The summed E-state index contributed by atoms with van der Waals surface area (Å²) in [6, 6.07) is 23.9. The quantitative estimate of drug-likeness (QED) is 0.320. The monoisotopic (exact) mass is 501 g/mol. The summed E-state index contributed by atoms with van der Waals surface area (Å²) in [4.78, 5) is 20.2. The van der Waals surface area contributed by atoms with E-state index in [0.717, 1.165) is 53.0 Å². The fourth-order valence-electron chi connectivity index (χ4n) is 4.48. The Kier molecular flexibility index (Phi) is 7.76. The zero-order valence-electron chi connectivity index (χ0n) is 20.2. The van der Waals surface area contributed by atoms with Crippen LogP contribution in [0.2, 0.25) is 0 Å². The summed E-state index contributed by atoms with van der Waals surface area (Å²) in [7, 11) is 3.19. The molecule has 3 aromatic carbocycles. The maximum absolute atomic E-state index is 13.0. The van der Waals surface area contributed by atoms with Crippen molar-refractivity contribution in [3.05, 3.63) is 95.6 Å². The van der Waals surface area contributed by atoms with Gasteiger partial charge in [0.15, 0.2) is 11.5 Å². The highest BCUT2D eigenvalue weighted by Crippen LogP contribution is 2.38. The Bertz CT molecular complexity index is 1410. The maximum Gasteiger partial charge on any atom is 0.248 e. The fourth-order valence-corrected chi connectivity index (χ4v) is 4.48. The predicted molar refractivity (Wildman–Crippen MR) is 147 cm³/mol. The molecule has 1 aliphatic heterocycles. The number of fused-ring (bicyclic) bond motifs is 2. The number of carbonyl (C=O) groups excluding carboxylic acids is 1. The van der Waals surface area contributed by atoms with Gasteiger partial charge in [0.05, 0.1) is 25.4 Å². The SMILES string of the molecule is COc1ccc(/C=C/C(=O)Nc2c3c(nc4ccccc24)N(Cc2ccccc2)CC3)cc1OC.Cl. The summed E-state index contributed by atoms with van der Waals surface area (Å²) in [6.07, 6.45) is 4.14. The number of halogens is 1. The van der Waals surface area contributed by atoms with E-state index in [-0.39, 0.29) is 18.3 Å². The van der Waals surface area contributed by atoms with Crippen molar-refractivity contribution in [2.24, 2.45) is 0 Å². The van der Waals surface area contributed by atoms with Gasteiger partial charge in [-0.2, -0.15) is 0 Å². The zero-order chi connectivity index (χ0) is 24.2. The molecule has 2 heterocycles. The number of aromatic nitrogens is 1. The second kappa shape index (κ2) is 11.1. The van der Waals surface area contributed by atoms with Crippen molar-refractivity contribution in [1.29, 1.82) is 0 Å². The number of rotatable bonds is 7. The Balaban J connectivity index is 0.00000304. The smallest absolute Gasteiger partial charge is 0.248 e. The third-order valence-electron chi connectivity index (χ3n) is 6.20. The minimum absolute atomic E-state index is 0. The lowest BCUT2D eigenvalue weighted by Crippen LogP contribution is -2.20. The first-order valence-corrected chi connectivity index (χ1v) is 11.6. The molecular weight excluding hydrogens is 474 g/mol. The number of hydrogen-bond donors (Lipinski definition) is 1. The molecule has 1 amide bonds. The van der Waals surface area contributed by atoms with Gasteiger partial charge in [0.2, 0.25) is 5.91 Å². The zero-order valence-corrected chi connectivity index (χ0v) is 21.0. The molecule has 0 unspecified atom stereocenters. The number of nitrogens with zero attached hydrogens (tertiary/aromatic N) is 2. The first-order chi connectivity index (χ1) is 17.2. The Labute approximate surface area is 217 Å². The molecule has 0 saturated heterocycles. The summed E-state index contributed by atoms with van der Waals surface area (Å²) >= 11 is 0. The average molecular weight is 502 g/mol. The number of benzene rings is 3. The van der Waals surface area contributed by atoms with Gasteiger partial charge in [-0.15, -0.1) is 12.4 Å². The highest BCUT2D eigenvalue weighted by atomic mass is 35.5. The molecule has 4 aromatic rings. The minimum Gasteiger partial charge on any atom is -0.493 e. The van der Waals surface area contributed by atoms with Crippen LogP contribution in [0.3, 0.4) is 0 Å². The largest absolute Gasteiger partial charge is 0.493 e. The second-order valence-electron chi connectivity index (χ2n) is 8.40. The van der Waals surface area contributed by atoms with E-state index < -0.39 is 0 Å². The molecule has 0 saturated carbocycles. The van der Waals surface area contributed by atoms with Crippen molar-refractivity contribution < 1.29 is 14.3 Å². The number of methoxy groups -OCH3 is 2. The standard InChI is InChI=1S/C29H27N3O3.ClH/c1-34-25-14-12-20(18-26(25)35-2)13-15-27(33)31-28-22-10-6-7-11-24(22)30-29-23(28)16-17-32(29)19-21-8-4-3-5-9-21;/h3-15,18H,16-17,19H2,1-2H3,(H,30,31,33);1H/b15-13+;. The Morgan fingerprint density at radius 1 is 1.00 bits per heavy atom. The number of pyridine rings is 1. The molecular formula is C29H28ClN3O3. The van der Waals surface area contributed by atoms with Crippen molar-refractivity contribution in [3.8, 4) is 11.5 Å². The summed E-state index contributed by atoms with van der Waals surface area (Å²) in [5.74, 6) is 2.01. The number of carbonyl (C=O) groups is 1. The van der Waals surface area contributed by atoms with Crippen LogP contribution in [-0.4, -0.2) is 31.7 Å². The van der Waals surface area contributed by atoms with Crippen molar-refractivity contribution in [2.45, 2.75) is 13.0 Å². The molecule has 0 spiro atoms. The number of nitrogens with one attached hydrogen (secondary N) is 1. The number of amides is 1. The molecule has 0 atom stereocenters. The van der Waals surface area contributed by atoms with Crippen LogP contribution in [-0.2, 0) is 17.8 Å². The van der Waals surface area contributed by atoms with Gasteiger partial charge in [-0.25, -0.2) is 4.98 Å². The molecule has 5 rings (SSSR count). The molecule has 0 bridgehead atoms. The number of para-hydroxylation sites is 1. The molecule has 0 fully saturated rings. The van der Waals surface area contributed by atoms with Crippen LogP contribution < -0.4 is 19.7 Å². The third kappa shape index (κ3) is 5.14. The van der Waals surface area contributed by atoms with Crippen LogP contribution in [0, 0.1) is 0 Å². The lowest BCUT2D eigenvalue weighted by atomic mass is 10.1. The van der Waals surface area contributed by atoms with Crippen molar-refractivity contribution in [2.75, 3.05) is 31.0 Å². The second-order valence-corrected chi connectivity index (χ2v) is 8.40. The molecule has 0 aliphatic carbocycles. The van der Waals surface area contributed by atoms with Crippen LogP contribution in [0.5, 0.6) is 11.5 Å². The Morgan fingerprint density at radius 3 is 2.53 bits per heavy atom. The topological polar surface area (TPSA) is 63.7 Å². The highest BCUT2D eigenvalue weighted by Gasteiger charge is 2.26. The molecule has 0 radical (unpaired) electrons. The van der Waals surface area contributed by atoms with E-state index in [2.05, 4.69) is 34.5 Å². The molecule has 1 aromatic heterocycles. The molecule has 184 valence electrons. The van der Waals surface area contributed by atoms with E-state index in [1.54, 1.807) is 26.4 Å². The predicted octanol–water partition coefficient (Wildman–Crippen LogP) is 5.89. The van der Waals surface area contributed by atoms with Gasteiger partial charge in [0, 0.05) is 30.1 Å². The maximum atomic E-state index is 13.0. The van der Waals surface area contributed by atoms with Gasteiger partial charge in [0.1, 0.15) is 5.82 Å². The summed E-state index contributed by atoms with van der Waals surface area (Å²) < 4.78 is 10.6. The van der Waals surface area contributed by atoms with Gasteiger partial charge >= 0.3 is 0 Å². The normalized spacial score (nSPS) is 12.3. The average Bonchev–Trinajstić information content (AvgIpc) is 3.29. The summed E-state index contributed by atoms with van der Waals surface area (Å²) in [5.41, 5.74) is 4.86. The van der Waals surface area contributed by atoms with E-state index in [1.807, 2.05) is 48.5 Å². The first-order valence-electron chi connectivity index (χ1n) is 11.6. The van der Waals surface area contributed by atoms with E-state index in [4.69, 9.17) is 14.5 Å². The molecule has 1 aliphatic rings. The fraction of sp³-hybridized carbons (Fsp3) is 0.172. The van der Waals surface area contributed by atoms with Crippen molar-refractivity contribution in [3.63, 3.8) is 0 Å². The summed E-state index contributed by atoms with van der Waals surface area (Å²) in [6.45, 7) is 1.64. The molecule has 7 heteroatoms. The Hall–Kier alpha value is -4.03. The van der Waals surface area contributed by atoms with Crippen LogP contribution in [0.25, 0.3) is 17.0 Å². The van der Waals surface area contributed by atoms with Gasteiger partial charge in [-0.1, -0.05) is 54.6 Å². The lowest BCUT2D eigenvalue weighted by molar-refractivity contribution is -0.111. The van der Waals surface area contributed by atoms with Crippen LogP contribution in [0.1, 0.15) is 16.7 Å². The van der Waals surface area contributed by atoms with Gasteiger partial charge in [0.25, 0.3) is 0 Å². The van der Waals surface area contributed by atoms with E-state index >= 15 is 0 Å². The molecule has 1 N–H and O–H groups in total. The third-order valence-corrected chi connectivity index (χ3v) is 6.20. The van der Waals surface area contributed by atoms with Crippen LogP contribution in [0.15, 0.2) is 78.9 Å². The summed E-state index contributed by atoms with van der Waals surface area (Å²) in [5, 5.41) is 4.09. The molecule has 36 heavy (non-hydrogen) atoms. The van der Waals surface area contributed by atoms with Crippen LogP contribution >= 0.6 is 12.4 Å². The van der Waals surface area contributed by atoms with Crippen molar-refractivity contribution in [1.82, 2.24) is 4.98 Å². The minimum atomic E-state index is -0.195. The van der Waals surface area contributed by atoms with Crippen molar-refractivity contribution >= 4 is 46.8 Å². The van der Waals surface area contributed by atoms with Crippen LogP contribution in [0.4, 0.5) is 11.5 Å². The van der Waals surface area contributed by atoms with Gasteiger partial charge < -0.3 is 19.7 Å². The molecule has 6 nitrogen and oxygen atoms in total.